The highest BCUT2D eigenvalue weighted by atomic mass is 79.9. The van der Waals surface area contributed by atoms with Gasteiger partial charge in [0.05, 0.1) is 5.56 Å². The summed E-state index contributed by atoms with van der Waals surface area (Å²) in [5, 5.41) is 6.15. The van der Waals surface area contributed by atoms with Crippen molar-refractivity contribution >= 4 is 62.2 Å². The number of para-hydroxylation sites is 1. The molecule has 0 unspecified atom stereocenters. The maximum Gasteiger partial charge on any atom is 0.258 e. The summed E-state index contributed by atoms with van der Waals surface area (Å²) in [5.74, 6) is -0.319. The molecule has 0 radical (unpaired) electrons. The largest absolute Gasteiger partial charge is 0.331 e. The van der Waals surface area contributed by atoms with Gasteiger partial charge in [-0.15, -0.1) is 0 Å². The summed E-state index contributed by atoms with van der Waals surface area (Å²) in [6.07, 6.45) is 0. The Balaban J connectivity index is 1.86. The van der Waals surface area contributed by atoms with Gasteiger partial charge in [0.1, 0.15) is 0 Å². The molecule has 0 heterocycles. The van der Waals surface area contributed by atoms with Crippen molar-refractivity contribution in [3.05, 3.63) is 63.6 Å². The van der Waals surface area contributed by atoms with E-state index in [1.807, 2.05) is 38.1 Å². The van der Waals surface area contributed by atoms with Crippen LogP contribution < -0.4 is 21.5 Å². The number of hydrogen-bond donors (Lipinski definition) is 4. The van der Waals surface area contributed by atoms with Crippen LogP contribution in [0.1, 0.15) is 21.5 Å². The van der Waals surface area contributed by atoms with E-state index in [-0.39, 0.29) is 11.0 Å². The lowest BCUT2D eigenvalue weighted by atomic mass is 10.1. The molecule has 8 heteroatoms. The van der Waals surface area contributed by atoms with Gasteiger partial charge in [0, 0.05) is 10.2 Å². The third kappa shape index (κ3) is 5.48. The second-order valence-corrected chi connectivity index (χ2v) is 6.90. The molecule has 4 N–H and O–H groups in total. The zero-order valence-corrected chi connectivity index (χ0v) is 16.9. The van der Waals surface area contributed by atoms with E-state index in [0.717, 1.165) is 16.8 Å². The Bertz CT molecular complexity index is 806. The van der Waals surface area contributed by atoms with Crippen molar-refractivity contribution in [1.82, 2.24) is 16.2 Å². The summed E-state index contributed by atoms with van der Waals surface area (Å²) >= 11 is 13.7. The van der Waals surface area contributed by atoms with Crippen molar-refractivity contribution in [2.75, 3.05) is 5.32 Å². The first kappa shape index (κ1) is 19.3. The number of halogens is 1. The molecule has 2 aromatic carbocycles. The van der Waals surface area contributed by atoms with Crippen LogP contribution in [0.4, 0.5) is 5.69 Å². The molecule has 5 nitrogen and oxygen atoms in total. The molecule has 130 valence electrons. The lowest BCUT2D eigenvalue weighted by Crippen LogP contribution is -2.49. The van der Waals surface area contributed by atoms with Gasteiger partial charge in [-0.3, -0.25) is 21.0 Å². The van der Waals surface area contributed by atoms with Crippen LogP contribution in [0.2, 0.25) is 0 Å². The summed E-state index contributed by atoms with van der Waals surface area (Å²) in [6.45, 7) is 3.99. The Kier molecular flexibility index (Phi) is 6.86. The van der Waals surface area contributed by atoms with E-state index in [0.29, 0.717) is 15.1 Å². The molecule has 2 aromatic rings. The lowest BCUT2D eigenvalue weighted by Gasteiger charge is -2.16. The highest BCUT2D eigenvalue weighted by Gasteiger charge is 2.11. The van der Waals surface area contributed by atoms with E-state index in [1.165, 1.54) is 0 Å². The molecule has 25 heavy (non-hydrogen) atoms. The second kappa shape index (κ2) is 8.89. The van der Waals surface area contributed by atoms with E-state index in [4.69, 9.17) is 24.4 Å². The van der Waals surface area contributed by atoms with Crippen LogP contribution in [0.5, 0.6) is 0 Å². The standard InChI is InChI=1S/C17H17BrN4OS2/c1-10-6-5-7-11(2)14(10)19-16(24)21-22-17(25)20-15(23)12-8-3-4-9-13(12)18/h3-9H,1-2H3,(H2,19,21,24)(H2,20,22,23,25). The summed E-state index contributed by atoms with van der Waals surface area (Å²) in [7, 11) is 0. The first-order valence-corrected chi connectivity index (χ1v) is 8.98. The SMILES string of the molecule is Cc1cccc(C)c1NC(=S)NNC(=S)NC(=O)c1ccccc1Br. The fourth-order valence-corrected chi connectivity index (χ4v) is 2.88. The zero-order valence-electron chi connectivity index (χ0n) is 13.6. The van der Waals surface area contributed by atoms with Gasteiger partial charge in [-0.25, -0.2) is 0 Å². The molecule has 0 saturated carbocycles. The molecule has 0 aromatic heterocycles. The second-order valence-electron chi connectivity index (χ2n) is 5.23. The Morgan fingerprint density at radius 1 is 0.920 bits per heavy atom. The fraction of sp³-hybridized carbons (Fsp3) is 0.118. The summed E-state index contributed by atoms with van der Waals surface area (Å²) in [6, 6.07) is 13.1. The topological polar surface area (TPSA) is 65.2 Å². The quantitative estimate of drug-likeness (QED) is 0.426. The summed E-state index contributed by atoms with van der Waals surface area (Å²) in [4.78, 5) is 12.2. The number of aryl methyl sites for hydroxylation is 2. The minimum absolute atomic E-state index is 0.117. The summed E-state index contributed by atoms with van der Waals surface area (Å²) in [5.41, 5.74) is 9.03. The van der Waals surface area contributed by atoms with Crippen molar-refractivity contribution in [1.29, 1.82) is 0 Å². The van der Waals surface area contributed by atoms with E-state index in [9.17, 15) is 4.79 Å². The maximum absolute atomic E-state index is 12.2. The average Bonchev–Trinajstić information content (AvgIpc) is 2.57. The van der Waals surface area contributed by atoms with Crippen LogP contribution in [0.15, 0.2) is 46.9 Å². The van der Waals surface area contributed by atoms with Gasteiger partial charge < -0.3 is 5.32 Å². The van der Waals surface area contributed by atoms with Gasteiger partial charge in [0.2, 0.25) is 0 Å². The maximum atomic E-state index is 12.2. The molecule has 0 bridgehead atoms. The lowest BCUT2D eigenvalue weighted by molar-refractivity contribution is 0.0976. The van der Waals surface area contributed by atoms with E-state index in [1.54, 1.807) is 18.2 Å². The fourth-order valence-electron chi connectivity index (χ4n) is 2.12. The molecular weight excluding hydrogens is 420 g/mol. The van der Waals surface area contributed by atoms with Gasteiger partial charge in [0.15, 0.2) is 10.2 Å². The number of hydrogen-bond acceptors (Lipinski definition) is 3. The zero-order chi connectivity index (χ0) is 18.4. The van der Waals surface area contributed by atoms with Crippen molar-refractivity contribution in [2.24, 2.45) is 0 Å². The number of nitrogens with one attached hydrogen (secondary N) is 4. The van der Waals surface area contributed by atoms with E-state index < -0.39 is 0 Å². The highest BCUT2D eigenvalue weighted by molar-refractivity contribution is 9.10. The van der Waals surface area contributed by atoms with Crippen LogP contribution in [0.3, 0.4) is 0 Å². The molecule has 1 amide bonds. The number of carbonyl (C=O) groups is 1. The van der Waals surface area contributed by atoms with Crippen molar-refractivity contribution in [2.45, 2.75) is 13.8 Å². The van der Waals surface area contributed by atoms with Gasteiger partial charge in [-0.05, 0) is 77.5 Å². The average molecular weight is 437 g/mol. The number of rotatable bonds is 2. The van der Waals surface area contributed by atoms with Crippen LogP contribution in [0, 0.1) is 13.8 Å². The number of amides is 1. The van der Waals surface area contributed by atoms with Crippen molar-refractivity contribution in [3.8, 4) is 0 Å². The Morgan fingerprint density at radius 2 is 1.52 bits per heavy atom. The first-order chi connectivity index (χ1) is 11.9. The highest BCUT2D eigenvalue weighted by Crippen LogP contribution is 2.19. The van der Waals surface area contributed by atoms with Gasteiger partial charge in [0.25, 0.3) is 5.91 Å². The minimum atomic E-state index is -0.319. The predicted octanol–water partition coefficient (Wildman–Crippen LogP) is 3.57. The van der Waals surface area contributed by atoms with Crippen LogP contribution in [-0.2, 0) is 0 Å². The van der Waals surface area contributed by atoms with Crippen LogP contribution >= 0.6 is 40.4 Å². The van der Waals surface area contributed by atoms with Crippen LogP contribution in [0.25, 0.3) is 0 Å². The number of hydrazine groups is 1. The molecule has 0 fully saturated rings. The number of thiocarbonyl (C=S) groups is 2. The van der Waals surface area contributed by atoms with E-state index >= 15 is 0 Å². The smallest absolute Gasteiger partial charge is 0.258 e. The molecule has 0 aliphatic carbocycles. The molecule has 2 rings (SSSR count). The molecular formula is C17H17BrN4OS2. The molecule has 0 atom stereocenters. The molecule has 0 aliphatic rings. The monoisotopic (exact) mass is 436 g/mol. The van der Waals surface area contributed by atoms with Crippen molar-refractivity contribution < 1.29 is 4.79 Å². The Labute approximate surface area is 165 Å². The number of anilines is 1. The van der Waals surface area contributed by atoms with Gasteiger partial charge in [-0.1, -0.05) is 30.3 Å². The number of benzene rings is 2. The normalized spacial score (nSPS) is 9.88. The summed E-state index contributed by atoms with van der Waals surface area (Å²) < 4.78 is 0.690. The third-order valence-electron chi connectivity index (χ3n) is 3.35. The van der Waals surface area contributed by atoms with Crippen molar-refractivity contribution in [3.63, 3.8) is 0 Å². The molecule has 0 aliphatic heterocycles. The molecule has 0 saturated heterocycles. The number of carbonyl (C=O) groups excluding carboxylic acids is 1. The molecule has 0 spiro atoms. The third-order valence-corrected chi connectivity index (χ3v) is 4.45. The Hall–Kier alpha value is -2.03. The van der Waals surface area contributed by atoms with Gasteiger partial charge >= 0.3 is 0 Å². The minimum Gasteiger partial charge on any atom is -0.331 e. The van der Waals surface area contributed by atoms with Gasteiger partial charge in [-0.2, -0.15) is 0 Å². The van der Waals surface area contributed by atoms with E-state index in [2.05, 4.69) is 37.4 Å². The Morgan fingerprint density at radius 3 is 2.16 bits per heavy atom. The predicted molar refractivity (Wildman–Crippen MR) is 113 cm³/mol. The first-order valence-electron chi connectivity index (χ1n) is 7.37. The van der Waals surface area contributed by atoms with Crippen LogP contribution in [-0.4, -0.2) is 16.1 Å².